The molecular formula is C19H25NO2. The summed E-state index contributed by atoms with van der Waals surface area (Å²) in [5, 5.41) is 2.79. The van der Waals surface area contributed by atoms with E-state index in [1.54, 1.807) is 24.3 Å². The highest BCUT2D eigenvalue weighted by molar-refractivity contribution is 5.84. The highest BCUT2D eigenvalue weighted by Gasteiger charge is 2.33. The zero-order valence-corrected chi connectivity index (χ0v) is 13.6. The van der Waals surface area contributed by atoms with Crippen LogP contribution in [0.4, 0.5) is 10.5 Å². The van der Waals surface area contributed by atoms with Crippen molar-refractivity contribution >= 4 is 11.8 Å². The average molecular weight is 299 g/mol. The van der Waals surface area contributed by atoms with Gasteiger partial charge in [0.2, 0.25) is 0 Å². The Labute approximate surface area is 133 Å². The number of ether oxygens (including phenoxy) is 1. The van der Waals surface area contributed by atoms with Crippen LogP contribution in [0, 0.1) is 30.1 Å². The molecule has 1 aromatic carbocycles. The first-order valence-corrected chi connectivity index (χ1v) is 8.04. The van der Waals surface area contributed by atoms with E-state index in [1.807, 2.05) is 0 Å². The van der Waals surface area contributed by atoms with Crippen molar-refractivity contribution in [2.24, 2.45) is 17.8 Å². The van der Waals surface area contributed by atoms with E-state index in [9.17, 15) is 4.79 Å². The van der Waals surface area contributed by atoms with E-state index in [2.05, 4.69) is 32.0 Å². The Bertz CT molecular complexity index is 542. The predicted octanol–water partition coefficient (Wildman–Crippen LogP) is 4.68. The monoisotopic (exact) mass is 299 g/mol. The van der Waals surface area contributed by atoms with Crippen molar-refractivity contribution in [3.05, 3.63) is 29.8 Å². The van der Waals surface area contributed by atoms with Crippen LogP contribution in [0.3, 0.4) is 0 Å². The second-order valence-electron chi connectivity index (χ2n) is 6.62. The van der Waals surface area contributed by atoms with Gasteiger partial charge in [0, 0.05) is 11.3 Å². The van der Waals surface area contributed by atoms with Crippen LogP contribution >= 0.6 is 0 Å². The molecule has 3 nitrogen and oxygen atoms in total. The summed E-state index contributed by atoms with van der Waals surface area (Å²) in [6, 6.07) is 7.18. The lowest BCUT2D eigenvalue weighted by atomic mass is 9.75. The average Bonchev–Trinajstić information content (AvgIpc) is 2.47. The number of carbonyl (C=O) groups excluding carboxylic acids is 1. The molecule has 22 heavy (non-hydrogen) atoms. The number of hydrogen-bond donors (Lipinski definition) is 1. The molecule has 1 N–H and O–H groups in total. The van der Waals surface area contributed by atoms with E-state index in [1.165, 1.54) is 6.42 Å². The molecule has 0 unspecified atom stereocenters. The third-order valence-electron chi connectivity index (χ3n) is 4.52. The van der Waals surface area contributed by atoms with Gasteiger partial charge in [-0.25, -0.2) is 4.79 Å². The van der Waals surface area contributed by atoms with E-state index in [-0.39, 0.29) is 12.2 Å². The summed E-state index contributed by atoms with van der Waals surface area (Å²) >= 11 is 0. The van der Waals surface area contributed by atoms with Crippen LogP contribution in [-0.4, -0.2) is 12.2 Å². The van der Waals surface area contributed by atoms with Crippen molar-refractivity contribution in [1.82, 2.24) is 0 Å². The van der Waals surface area contributed by atoms with Crippen molar-refractivity contribution in [1.29, 1.82) is 0 Å². The normalized spacial score (nSPS) is 24.6. The van der Waals surface area contributed by atoms with Crippen LogP contribution in [0.25, 0.3) is 0 Å². The van der Waals surface area contributed by atoms with E-state index in [0.29, 0.717) is 23.4 Å². The van der Waals surface area contributed by atoms with Crippen molar-refractivity contribution < 1.29 is 9.53 Å². The molecule has 0 aliphatic heterocycles. The summed E-state index contributed by atoms with van der Waals surface area (Å²) in [4.78, 5) is 12.1. The van der Waals surface area contributed by atoms with Crippen LogP contribution in [0.5, 0.6) is 0 Å². The number of nitrogens with one attached hydrogen (secondary N) is 1. The SMILES string of the molecule is C#Cc1ccc(NC(=O)O[C@@H]2C[C@H](C)CC[C@H]2C(C)C)cc1. The number of rotatable bonds is 3. The Balaban J connectivity index is 1.95. The molecule has 1 aliphatic rings. The largest absolute Gasteiger partial charge is 0.446 e. The zero-order valence-electron chi connectivity index (χ0n) is 13.6. The predicted molar refractivity (Wildman–Crippen MR) is 89.6 cm³/mol. The van der Waals surface area contributed by atoms with Crippen molar-refractivity contribution in [3.8, 4) is 12.3 Å². The first kappa shape index (κ1) is 16.4. The topological polar surface area (TPSA) is 38.3 Å². The Morgan fingerprint density at radius 1 is 1.32 bits per heavy atom. The van der Waals surface area contributed by atoms with Gasteiger partial charge in [-0.05, 0) is 54.9 Å². The molecule has 1 fully saturated rings. The van der Waals surface area contributed by atoms with E-state index in [4.69, 9.17) is 11.2 Å². The van der Waals surface area contributed by atoms with Crippen LogP contribution in [0.1, 0.15) is 45.6 Å². The summed E-state index contributed by atoms with van der Waals surface area (Å²) in [6.07, 6.45) is 8.25. The molecule has 0 aromatic heterocycles. The fourth-order valence-electron chi connectivity index (χ4n) is 3.18. The van der Waals surface area contributed by atoms with Gasteiger partial charge in [-0.15, -0.1) is 6.42 Å². The van der Waals surface area contributed by atoms with E-state index >= 15 is 0 Å². The van der Waals surface area contributed by atoms with E-state index in [0.717, 1.165) is 18.4 Å². The maximum Gasteiger partial charge on any atom is 0.411 e. The minimum Gasteiger partial charge on any atom is -0.446 e. The lowest BCUT2D eigenvalue weighted by molar-refractivity contribution is 0.0126. The third kappa shape index (κ3) is 4.27. The summed E-state index contributed by atoms with van der Waals surface area (Å²) < 4.78 is 5.71. The molecule has 3 atom stereocenters. The zero-order chi connectivity index (χ0) is 16.1. The molecule has 1 amide bonds. The molecule has 118 valence electrons. The number of carbonyl (C=O) groups is 1. The summed E-state index contributed by atoms with van der Waals surface area (Å²) in [7, 11) is 0. The van der Waals surface area contributed by atoms with Crippen molar-refractivity contribution in [2.75, 3.05) is 5.32 Å². The molecule has 0 heterocycles. The van der Waals surface area contributed by atoms with Crippen molar-refractivity contribution in [3.63, 3.8) is 0 Å². The highest BCUT2D eigenvalue weighted by atomic mass is 16.6. The molecule has 0 radical (unpaired) electrons. The molecule has 3 heteroatoms. The van der Waals surface area contributed by atoms with Gasteiger partial charge in [-0.3, -0.25) is 5.32 Å². The van der Waals surface area contributed by atoms with Gasteiger partial charge in [0.25, 0.3) is 0 Å². The third-order valence-corrected chi connectivity index (χ3v) is 4.52. The first-order chi connectivity index (χ1) is 10.5. The van der Waals surface area contributed by atoms with Gasteiger partial charge < -0.3 is 4.74 Å². The molecule has 0 bridgehead atoms. The van der Waals surface area contributed by atoms with Gasteiger partial charge in [-0.1, -0.05) is 33.1 Å². The quantitative estimate of drug-likeness (QED) is 0.823. The number of hydrogen-bond acceptors (Lipinski definition) is 2. The Hall–Kier alpha value is -1.95. The van der Waals surface area contributed by atoms with Gasteiger partial charge in [0.05, 0.1) is 0 Å². The Morgan fingerprint density at radius 2 is 2.00 bits per heavy atom. The van der Waals surface area contributed by atoms with Crippen LogP contribution in [0.15, 0.2) is 24.3 Å². The molecular weight excluding hydrogens is 274 g/mol. The summed E-state index contributed by atoms with van der Waals surface area (Å²) in [5.74, 6) is 4.14. The standard InChI is InChI=1S/C19H25NO2/c1-5-15-7-9-16(10-8-15)20-19(21)22-18-12-14(4)6-11-17(18)13(2)3/h1,7-10,13-14,17-18H,6,11-12H2,2-4H3,(H,20,21)/t14-,17+,18-/m1/s1. The number of terminal acetylenes is 1. The Morgan fingerprint density at radius 3 is 2.59 bits per heavy atom. The molecule has 1 saturated carbocycles. The van der Waals surface area contributed by atoms with Crippen molar-refractivity contribution in [2.45, 2.75) is 46.1 Å². The first-order valence-electron chi connectivity index (χ1n) is 8.04. The molecule has 1 aromatic rings. The highest BCUT2D eigenvalue weighted by Crippen LogP contribution is 2.35. The molecule has 2 rings (SSSR count). The van der Waals surface area contributed by atoms with Gasteiger partial charge in [-0.2, -0.15) is 0 Å². The summed E-state index contributed by atoms with van der Waals surface area (Å²) in [5.41, 5.74) is 1.49. The van der Waals surface area contributed by atoms with Gasteiger partial charge in [0.1, 0.15) is 6.10 Å². The lowest BCUT2D eigenvalue weighted by Crippen LogP contribution is -2.36. The van der Waals surface area contributed by atoms with Crippen LogP contribution < -0.4 is 5.32 Å². The smallest absolute Gasteiger partial charge is 0.411 e. The summed E-state index contributed by atoms with van der Waals surface area (Å²) in [6.45, 7) is 6.63. The fourth-order valence-corrected chi connectivity index (χ4v) is 3.18. The minimum atomic E-state index is -0.377. The van der Waals surface area contributed by atoms with Crippen LogP contribution in [0.2, 0.25) is 0 Å². The van der Waals surface area contributed by atoms with Gasteiger partial charge in [0.15, 0.2) is 0 Å². The Kier molecular flexibility index (Phi) is 5.49. The minimum absolute atomic E-state index is 0.00808. The lowest BCUT2D eigenvalue weighted by Gasteiger charge is -2.36. The fraction of sp³-hybridized carbons (Fsp3) is 0.526. The number of amides is 1. The number of anilines is 1. The second-order valence-corrected chi connectivity index (χ2v) is 6.62. The number of benzene rings is 1. The van der Waals surface area contributed by atoms with Gasteiger partial charge >= 0.3 is 6.09 Å². The second kappa shape index (κ2) is 7.35. The molecule has 0 spiro atoms. The molecule has 1 aliphatic carbocycles. The van der Waals surface area contributed by atoms with Crippen LogP contribution in [-0.2, 0) is 4.74 Å². The van der Waals surface area contributed by atoms with E-state index < -0.39 is 0 Å². The maximum atomic E-state index is 12.1. The maximum absolute atomic E-state index is 12.1. The molecule has 0 saturated heterocycles.